The molecule has 0 aromatic carbocycles. The van der Waals surface area contributed by atoms with Gasteiger partial charge in [0.1, 0.15) is 21.6 Å². The fourth-order valence-electron chi connectivity index (χ4n) is 4.14. The lowest BCUT2D eigenvalue weighted by atomic mass is 9.74. The third kappa shape index (κ3) is 6.74. The number of unbranched alkanes of at least 4 members (excludes halogenated alkanes) is 4. The van der Waals surface area contributed by atoms with Crippen LogP contribution < -0.4 is 5.32 Å². The van der Waals surface area contributed by atoms with E-state index in [1.807, 2.05) is 19.4 Å². The number of allylic oxidation sites excluding steroid dienone is 2. The van der Waals surface area contributed by atoms with E-state index in [1.165, 1.54) is 43.3 Å². The van der Waals surface area contributed by atoms with Crippen molar-refractivity contribution in [3.05, 3.63) is 17.0 Å². The van der Waals surface area contributed by atoms with Gasteiger partial charge < -0.3 is 5.32 Å². The second-order valence-electron chi connectivity index (χ2n) is 8.19. The molecule has 0 spiro atoms. The summed E-state index contributed by atoms with van der Waals surface area (Å²) < 4.78 is 0. The molecular weight excluding hydrogens is 398 g/mol. The molecule has 0 saturated carbocycles. The number of carbonyl (C=O) groups is 1. The average molecular weight is 436 g/mol. The van der Waals surface area contributed by atoms with Crippen LogP contribution in [0, 0.1) is 18.8 Å². The van der Waals surface area contributed by atoms with Gasteiger partial charge in [-0.1, -0.05) is 50.2 Å². The van der Waals surface area contributed by atoms with E-state index in [4.69, 9.17) is 0 Å². The van der Waals surface area contributed by atoms with Crippen LogP contribution >= 0.6 is 23.5 Å². The summed E-state index contributed by atoms with van der Waals surface area (Å²) in [4.78, 5) is 22.5. The summed E-state index contributed by atoms with van der Waals surface area (Å²) in [6.07, 6.45) is 13.4. The van der Waals surface area contributed by atoms with Gasteiger partial charge in [0.05, 0.1) is 0 Å². The average Bonchev–Trinajstić information content (AvgIpc) is 2.70. The van der Waals surface area contributed by atoms with E-state index in [2.05, 4.69) is 36.1 Å². The summed E-state index contributed by atoms with van der Waals surface area (Å²) in [5.41, 5.74) is 3.63. The molecular formula is C23H37N3OS2. The molecule has 4 nitrogen and oxygen atoms in total. The van der Waals surface area contributed by atoms with E-state index in [0.29, 0.717) is 5.92 Å². The van der Waals surface area contributed by atoms with Crippen LogP contribution in [-0.2, 0) is 4.79 Å². The van der Waals surface area contributed by atoms with Gasteiger partial charge in [-0.05, 0) is 58.5 Å². The fourth-order valence-corrected chi connectivity index (χ4v) is 5.36. The molecule has 0 saturated heterocycles. The minimum Gasteiger partial charge on any atom is -0.321 e. The van der Waals surface area contributed by atoms with Gasteiger partial charge in [-0.15, -0.1) is 23.5 Å². The standard InChI is InChI=1S/C23H37N3OS2/c1-7-8-9-10-11-12-18-13-15(2)16(3)14-19(18)21(27)26-20-22(28-5)24-17(4)25-23(20)29-6/h18-19H,7-14H2,1-6H3,(H,26,27)/t18-,19-/m1/s1. The molecule has 0 radical (unpaired) electrons. The maximum absolute atomic E-state index is 13.4. The molecule has 6 heteroatoms. The number of carbonyl (C=O) groups excluding carboxylic acids is 1. The van der Waals surface area contributed by atoms with Crippen LogP contribution in [0.3, 0.4) is 0 Å². The Bertz CT molecular complexity index is 708. The molecule has 1 N–H and O–H groups in total. The zero-order valence-electron chi connectivity index (χ0n) is 18.9. The molecule has 1 aromatic rings. The Hall–Kier alpha value is -1.01. The highest BCUT2D eigenvalue weighted by Crippen LogP contribution is 2.39. The van der Waals surface area contributed by atoms with Crippen molar-refractivity contribution >= 4 is 35.1 Å². The molecule has 2 atom stereocenters. The highest BCUT2D eigenvalue weighted by molar-refractivity contribution is 7.99. The first-order valence-corrected chi connectivity index (χ1v) is 13.3. The van der Waals surface area contributed by atoms with E-state index in [-0.39, 0.29) is 11.8 Å². The van der Waals surface area contributed by atoms with Crippen LogP contribution in [0.15, 0.2) is 21.2 Å². The lowest BCUT2D eigenvalue weighted by Gasteiger charge is -2.32. The minimum absolute atomic E-state index is 0.0376. The quantitative estimate of drug-likeness (QED) is 0.188. The monoisotopic (exact) mass is 435 g/mol. The van der Waals surface area contributed by atoms with Crippen LogP contribution in [0.5, 0.6) is 0 Å². The van der Waals surface area contributed by atoms with Crippen molar-refractivity contribution in [3.63, 3.8) is 0 Å². The number of aryl methyl sites for hydroxylation is 1. The summed E-state index contributed by atoms with van der Waals surface area (Å²) in [6, 6.07) is 0. The first-order chi connectivity index (χ1) is 13.9. The smallest absolute Gasteiger partial charge is 0.228 e. The summed E-state index contributed by atoms with van der Waals surface area (Å²) in [7, 11) is 0. The maximum atomic E-state index is 13.4. The number of aromatic nitrogens is 2. The Kier molecular flexibility index (Phi) is 10.0. The normalized spacial score (nSPS) is 19.5. The Balaban J connectivity index is 2.16. The molecule has 2 rings (SSSR count). The zero-order chi connectivity index (χ0) is 21.4. The molecule has 1 amide bonds. The predicted octanol–water partition coefficient (Wildman–Crippen LogP) is 6.89. The van der Waals surface area contributed by atoms with Crippen LogP contribution in [0.2, 0.25) is 0 Å². The van der Waals surface area contributed by atoms with E-state index in [9.17, 15) is 4.79 Å². The third-order valence-corrected chi connectivity index (χ3v) is 7.36. The molecule has 0 unspecified atom stereocenters. The van der Waals surface area contributed by atoms with Crippen LogP contribution in [0.25, 0.3) is 0 Å². The van der Waals surface area contributed by atoms with Gasteiger partial charge in [0.2, 0.25) is 5.91 Å². The Labute approximate surface area is 185 Å². The third-order valence-electron chi connectivity index (χ3n) is 6.00. The molecule has 1 aliphatic carbocycles. The van der Waals surface area contributed by atoms with Gasteiger partial charge in [0.15, 0.2) is 0 Å². The number of nitrogens with zero attached hydrogens (tertiary/aromatic N) is 2. The van der Waals surface area contributed by atoms with Gasteiger partial charge in [-0.3, -0.25) is 4.79 Å². The maximum Gasteiger partial charge on any atom is 0.228 e. The first kappa shape index (κ1) is 24.3. The molecule has 1 heterocycles. The first-order valence-electron chi connectivity index (χ1n) is 10.8. The van der Waals surface area contributed by atoms with Gasteiger partial charge >= 0.3 is 0 Å². The van der Waals surface area contributed by atoms with Crippen LogP contribution in [0.1, 0.15) is 78.0 Å². The topological polar surface area (TPSA) is 54.9 Å². The van der Waals surface area contributed by atoms with E-state index >= 15 is 0 Å². The number of amides is 1. The molecule has 29 heavy (non-hydrogen) atoms. The highest BCUT2D eigenvalue weighted by atomic mass is 32.2. The van der Waals surface area contributed by atoms with Gasteiger partial charge in [0, 0.05) is 5.92 Å². The van der Waals surface area contributed by atoms with E-state index < -0.39 is 0 Å². The fraction of sp³-hybridized carbons (Fsp3) is 0.696. The Morgan fingerprint density at radius 1 is 0.966 bits per heavy atom. The predicted molar refractivity (Wildman–Crippen MR) is 127 cm³/mol. The van der Waals surface area contributed by atoms with Crippen molar-refractivity contribution in [3.8, 4) is 0 Å². The van der Waals surface area contributed by atoms with Gasteiger partial charge in [-0.25, -0.2) is 9.97 Å². The number of hydrogen-bond donors (Lipinski definition) is 1. The number of hydrogen-bond acceptors (Lipinski definition) is 5. The van der Waals surface area contributed by atoms with Crippen LogP contribution in [-0.4, -0.2) is 28.4 Å². The Morgan fingerprint density at radius 2 is 1.55 bits per heavy atom. The number of anilines is 1. The second kappa shape index (κ2) is 12.0. The van der Waals surface area contributed by atoms with E-state index in [0.717, 1.165) is 40.8 Å². The van der Waals surface area contributed by atoms with Crippen molar-refractivity contribution in [2.24, 2.45) is 11.8 Å². The van der Waals surface area contributed by atoms with Crippen molar-refractivity contribution in [1.29, 1.82) is 0 Å². The largest absolute Gasteiger partial charge is 0.321 e. The molecule has 0 bridgehead atoms. The van der Waals surface area contributed by atoms with Crippen molar-refractivity contribution < 1.29 is 4.79 Å². The van der Waals surface area contributed by atoms with Crippen molar-refractivity contribution in [1.82, 2.24) is 9.97 Å². The summed E-state index contributed by atoms with van der Waals surface area (Å²) in [5, 5.41) is 4.93. The number of rotatable bonds is 10. The van der Waals surface area contributed by atoms with Crippen LogP contribution in [0.4, 0.5) is 5.69 Å². The van der Waals surface area contributed by atoms with Gasteiger partial charge in [-0.2, -0.15) is 0 Å². The summed E-state index contributed by atoms with van der Waals surface area (Å²) >= 11 is 3.12. The number of thioether (sulfide) groups is 2. The molecule has 0 aliphatic heterocycles. The second-order valence-corrected chi connectivity index (χ2v) is 9.78. The molecule has 0 fully saturated rings. The van der Waals surface area contributed by atoms with E-state index in [1.54, 1.807) is 23.5 Å². The SMILES string of the molecule is CCCCCCC[C@@H]1CC(C)=C(C)C[C@H]1C(=O)Nc1c(SC)nc(C)nc1SC. The Morgan fingerprint density at radius 3 is 2.14 bits per heavy atom. The summed E-state index contributed by atoms with van der Waals surface area (Å²) in [6.45, 7) is 8.57. The van der Waals surface area contributed by atoms with Gasteiger partial charge in [0.25, 0.3) is 0 Å². The molecule has 162 valence electrons. The lowest BCUT2D eigenvalue weighted by Crippen LogP contribution is -2.33. The highest BCUT2D eigenvalue weighted by Gasteiger charge is 2.33. The summed E-state index contributed by atoms with van der Waals surface area (Å²) in [5.74, 6) is 1.35. The molecule has 1 aromatic heterocycles. The lowest BCUT2D eigenvalue weighted by molar-refractivity contribution is -0.121. The number of nitrogens with one attached hydrogen (secondary N) is 1. The molecule has 1 aliphatic rings. The van der Waals surface area contributed by atoms with Crippen molar-refractivity contribution in [2.45, 2.75) is 89.1 Å². The van der Waals surface area contributed by atoms with Crippen molar-refractivity contribution in [2.75, 3.05) is 17.8 Å². The zero-order valence-corrected chi connectivity index (χ0v) is 20.6. The minimum atomic E-state index is 0.0376.